The maximum absolute atomic E-state index is 11.7. The molecule has 0 aliphatic heterocycles. The summed E-state index contributed by atoms with van der Waals surface area (Å²) in [5.74, 6) is 1.02. The van der Waals surface area contributed by atoms with E-state index >= 15 is 0 Å². The summed E-state index contributed by atoms with van der Waals surface area (Å²) in [4.78, 5) is 11.7. The molecule has 1 rings (SSSR count). The van der Waals surface area contributed by atoms with Crippen molar-refractivity contribution in [3.63, 3.8) is 0 Å². The van der Waals surface area contributed by atoms with Gasteiger partial charge in [-0.3, -0.25) is 9.00 Å². The zero-order chi connectivity index (χ0) is 14.1. The molecule has 1 aromatic carbocycles. The van der Waals surface area contributed by atoms with Gasteiger partial charge in [0.15, 0.2) is 0 Å². The molecule has 0 fully saturated rings. The first kappa shape index (κ1) is 15.9. The summed E-state index contributed by atoms with van der Waals surface area (Å²) in [5.41, 5.74) is 7.26. The minimum absolute atomic E-state index is 0.0981. The first-order chi connectivity index (χ1) is 9.15. The highest BCUT2D eigenvalue weighted by Gasteiger charge is 2.06. The number of hydrogen-bond acceptors (Lipinski definition) is 3. The van der Waals surface area contributed by atoms with E-state index in [1.807, 2.05) is 24.3 Å². The third kappa shape index (κ3) is 6.50. The molecule has 0 saturated heterocycles. The molecule has 0 radical (unpaired) electrons. The standard InChI is InChI=1S/C14H22N2O2S/c1-2-3-8-19(18)9-7-14(17)16-13-6-4-5-12(10-13)11-15/h4-6,10H,2-3,7-9,11,15H2,1H3,(H,16,17). The highest BCUT2D eigenvalue weighted by Crippen LogP contribution is 2.10. The Kier molecular flexibility index (Phi) is 7.36. The van der Waals surface area contributed by atoms with Gasteiger partial charge >= 0.3 is 0 Å². The minimum atomic E-state index is -0.885. The second-order valence-electron chi connectivity index (χ2n) is 4.40. The van der Waals surface area contributed by atoms with Crippen LogP contribution < -0.4 is 11.1 Å². The Labute approximate surface area is 117 Å². The fourth-order valence-corrected chi connectivity index (χ4v) is 2.84. The maximum atomic E-state index is 11.7. The van der Waals surface area contributed by atoms with Crippen LogP contribution in [0, 0.1) is 0 Å². The van der Waals surface area contributed by atoms with E-state index in [2.05, 4.69) is 12.2 Å². The molecule has 0 spiro atoms. The molecule has 0 aromatic heterocycles. The van der Waals surface area contributed by atoms with Crippen molar-refractivity contribution >= 4 is 22.4 Å². The van der Waals surface area contributed by atoms with E-state index in [9.17, 15) is 9.00 Å². The number of carbonyl (C=O) groups excluding carboxylic acids is 1. The number of rotatable bonds is 8. The smallest absolute Gasteiger partial charge is 0.225 e. The largest absolute Gasteiger partial charge is 0.326 e. The Morgan fingerprint density at radius 1 is 1.37 bits per heavy atom. The quantitative estimate of drug-likeness (QED) is 0.766. The molecular formula is C14H22N2O2S. The molecule has 19 heavy (non-hydrogen) atoms. The first-order valence-corrected chi connectivity index (χ1v) is 8.08. The molecule has 1 atom stereocenters. The topological polar surface area (TPSA) is 72.2 Å². The van der Waals surface area contributed by atoms with E-state index in [-0.39, 0.29) is 5.91 Å². The van der Waals surface area contributed by atoms with Crippen LogP contribution in [-0.2, 0) is 22.1 Å². The Balaban J connectivity index is 2.36. The Morgan fingerprint density at radius 2 is 2.16 bits per heavy atom. The number of carbonyl (C=O) groups is 1. The normalized spacial score (nSPS) is 12.1. The van der Waals surface area contributed by atoms with E-state index in [0.717, 1.165) is 24.1 Å². The average Bonchev–Trinajstić information content (AvgIpc) is 2.43. The molecule has 3 N–H and O–H groups in total. The van der Waals surface area contributed by atoms with Crippen molar-refractivity contribution in [2.45, 2.75) is 32.7 Å². The third-order valence-electron chi connectivity index (χ3n) is 2.73. The lowest BCUT2D eigenvalue weighted by molar-refractivity contribution is -0.115. The second-order valence-corrected chi connectivity index (χ2v) is 6.10. The highest BCUT2D eigenvalue weighted by atomic mass is 32.2. The van der Waals surface area contributed by atoms with Crippen molar-refractivity contribution < 1.29 is 9.00 Å². The van der Waals surface area contributed by atoms with Gasteiger partial charge in [0.2, 0.25) is 5.91 Å². The molecular weight excluding hydrogens is 260 g/mol. The SMILES string of the molecule is CCCCS(=O)CCC(=O)Nc1cccc(CN)c1. The van der Waals surface area contributed by atoms with Crippen LogP contribution >= 0.6 is 0 Å². The summed E-state index contributed by atoms with van der Waals surface area (Å²) in [6.45, 7) is 2.51. The monoisotopic (exact) mass is 282 g/mol. The van der Waals surface area contributed by atoms with E-state index in [1.165, 1.54) is 0 Å². The Hall–Kier alpha value is -1.20. The van der Waals surface area contributed by atoms with Crippen LogP contribution in [0.15, 0.2) is 24.3 Å². The van der Waals surface area contributed by atoms with Crippen LogP contribution in [0.3, 0.4) is 0 Å². The lowest BCUT2D eigenvalue weighted by atomic mass is 10.2. The van der Waals surface area contributed by atoms with Crippen molar-refractivity contribution in [2.75, 3.05) is 16.8 Å². The molecule has 4 nitrogen and oxygen atoms in total. The summed E-state index contributed by atoms with van der Waals surface area (Å²) in [5, 5.41) is 2.80. The fourth-order valence-electron chi connectivity index (χ4n) is 1.61. The Bertz CT molecular complexity index is 435. The van der Waals surface area contributed by atoms with Gasteiger partial charge in [-0.15, -0.1) is 0 Å². The van der Waals surface area contributed by atoms with Crippen LogP contribution in [0.5, 0.6) is 0 Å². The van der Waals surface area contributed by atoms with Crippen LogP contribution in [-0.4, -0.2) is 21.6 Å². The lowest BCUT2D eigenvalue weighted by Gasteiger charge is -2.06. The minimum Gasteiger partial charge on any atom is -0.326 e. The summed E-state index contributed by atoms with van der Waals surface area (Å²) >= 11 is 0. The van der Waals surface area contributed by atoms with Gasteiger partial charge in [0.25, 0.3) is 0 Å². The number of nitrogens with two attached hydrogens (primary N) is 1. The van der Waals surface area contributed by atoms with Gasteiger partial charge in [-0.2, -0.15) is 0 Å². The number of benzene rings is 1. The number of nitrogens with one attached hydrogen (secondary N) is 1. The predicted molar refractivity (Wildman–Crippen MR) is 80.4 cm³/mol. The van der Waals surface area contributed by atoms with Crippen LogP contribution in [0.4, 0.5) is 5.69 Å². The first-order valence-electron chi connectivity index (χ1n) is 6.59. The number of amides is 1. The molecule has 0 aliphatic rings. The summed E-state index contributed by atoms with van der Waals surface area (Å²) in [6, 6.07) is 7.45. The van der Waals surface area contributed by atoms with Crippen molar-refractivity contribution in [3.05, 3.63) is 29.8 Å². The fraction of sp³-hybridized carbons (Fsp3) is 0.500. The molecule has 1 unspecified atom stereocenters. The van der Waals surface area contributed by atoms with Gasteiger partial charge in [0.05, 0.1) is 0 Å². The van der Waals surface area contributed by atoms with Gasteiger partial charge in [-0.25, -0.2) is 0 Å². The van der Waals surface area contributed by atoms with Gasteiger partial charge in [0, 0.05) is 41.0 Å². The molecule has 0 saturated carbocycles. The van der Waals surface area contributed by atoms with Gasteiger partial charge in [0.1, 0.15) is 0 Å². The summed E-state index contributed by atoms with van der Waals surface area (Å²) in [6.07, 6.45) is 2.28. The van der Waals surface area contributed by atoms with E-state index in [4.69, 9.17) is 5.73 Å². The summed E-state index contributed by atoms with van der Waals surface area (Å²) < 4.78 is 11.6. The second kappa shape index (κ2) is 8.82. The zero-order valence-electron chi connectivity index (χ0n) is 11.4. The lowest BCUT2D eigenvalue weighted by Crippen LogP contribution is -2.16. The van der Waals surface area contributed by atoms with Crippen LogP contribution in [0.25, 0.3) is 0 Å². The molecule has 0 bridgehead atoms. The van der Waals surface area contributed by atoms with Crippen molar-refractivity contribution in [1.82, 2.24) is 0 Å². The van der Waals surface area contributed by atoms with Crippen LogP contribution in [0.2, 0.25) is 0 Å². The maximum Gasteiger partial charge on any atom is 0.225 e. The molecule has 0 aliphatic carbocycles. The predicted octanol–water partition coefficient (Wildman–Crippen LogP) is 2.02. The molecule has 1 aromatic rings. The number of anilines is 1. The van der Waals surface area contributed by atoms with Crippen molar-refractivity contribution in [1.29, 1.82) is 0 Å². The molecule has 106 valence electrons. The van der Waals surface area contributed by atoms with Gasteiger partial charge in [-0.05, 0) is 24.1 Å². The van der Waals surface area contributed by atoms with E-state index < -0.39 is 10.8 Å². The molecule has 1 amide bonds. The zero-order valence-corrected chi connectivity index (χ0v) is 12.2. The van der Waals surface area contributed by atoms with Gasteiger partial charge in [-0.1, -0.05) is 25.5 Å². The number of unbranched alkanes of at least 4 members (excludes halogenated alkanes) is 1. The molecule has 0 heterocycles. The van der Waals surface area contributed by atoms with E-state index in [0.29, 0.717) is 24.5 Å². The highest BCUT2D eigenvalue weighted by molar-refractivity contribution is 7.84. The van der Waals surface area contributed by atoms with Crippen molar-refractivity contribution in [2.24, 2.45) is 5.73 Å². The molecule has 5 heteroatoms. The number of hydrogen-bond donors (Lipinski definition) is 2. The Morgan fingerprint density at radius 3 is 2.84 bits per heavy atom. The summed E-state index contributed by atoms with van der Waals surface area (Å²) in [7, 11) is -0.885. The van der Waals surface area contributed by atoms with Gasteiger partial charge < -0.3 is 11.1 Å². The van der Waals surface area contributed by atoms with E-state index in [1.54, 1.807) is 0 Å². The van der Waals surface area contributed by atoms with Crippen LogP contribution in [0.1, 0.15) is 31.7 Å². The average molecular weight is 282 g/mol. The third-order valence-corrected chi connectivity index (χ3v) is 4.13. The van der Waals surface area contributed by atoms with Crippen molar-refractivity contribution in [3.8, 4) is 0 Å².